The highest BCUT2D eigenvalue weighted by Crippen LogP contribution is 2.30. The van der Waals surface area contributed by atoms with Gasteiger partial charge in [-0.25, -0.2) is 0 Å². The SMILES string of the molecule is CCCNC(CC(C)CC(C)(C)C)c1cncc(C)c1. The highest BCUT2D eigenvalue weighted by atomic mass is 14.9. The third kappa shape index (κ3) is 6.51. The van der Waals surface area contributed by atoms with E-state index in [4.69, 9.17) is 0 Å². The molecule has 0 aliphatic rings. The summed E-state index contributed by atoms with van der Waals surface area (Å²) in [6, 6.07) is 2.70. The lowest BCUT2D eigenvalue weighted by atomic mass is 9.82. The molecule has 0 aliphatic carbocycles. The van der Waals surface area contributed by atoms with Gasteiger partial charge in [0, 0.05) is 18.4 Å². The predicted molar refractivity (Wildman–Crippen MR) is 87.9 cm³/mol. The summed E-state index contributed by atoms with van der Waals surface area (Å²) in [6.45, 7) is 14.8. The van der Waals surface area contributed by atoms with E-state index in [2.05, 4.69) is 57.9 Å². The topological polar surface area (TPSA) is 24.9 Å². The predicted octanol–water partition coefficient (Wildman–Crippen LogP) is 4.89. The Morgan fingerprint density at radius 3 is 2.50 bits per heavy atom. The highest BCUT2D eigenvalue weighted by Gasteiger charge is 2.20. The molecule has 0 bridgehead atoms. The molecule has 1 rings (SSSR count). The maximum atomic E-state index is 4.36. The van der Waals surface area contributed by atoms with Crippen LogP contribution < -0.4 is 5.32 Å². The molecule has 1 N–H and O–H groups in total. The summed E-state index contributed by atoms with van der Waals surface area (Å²) < 4.78 is 0. The standard InChI is InChI=1S/C18H32N2/c1-7-8-20-17(10-14(2)11-18(4,5)6)16-9-15(3)12-19-13-16/h9,12-14,17,20H,7-8,10-11H2,1-6H3. The quantitative estimate of drug-likeness (QED) is 0.766. The minimum absolute atomic E-state index is 0.402. The van der Waals surface area contributed by atoms with E-state index >= 15 is 0 Å². The zero-order valence-corrected chi connectivity index (χ0v) is 14.2. The number of nitrogens with one attached hydrogen (secondary N) is 1. The maximum absolute atomic E-state index is 4.36. The van der Waals surface area contributed by atoms with Crippen LogP contribution in [-0.2, 0) is 0 Å². The van der Waals surface area contributed by atoms with E-state index in [0.717, 1.165) is 6.54 Å². The second-order valence-corrected chi connectivity index (χ2v) is 7.41. The Hall–Kier alpha value is -0.890. The van der Waals surface area contributed by atoms with Gasteiger partial charge in [0.15, 0.2) is 0 Å². The van der Waals surface area contributed by atoms with Crippen molar-refractivity contribution in [1.82, 2.24) is 10.3 Å². The summed E-state index contributed by atoms with van der Waals surface area (Å²) in [5.41, 5.74) is 2.98. The first-order chi connectivity index (χ1) is 9.31. The number of aromatic nitrogens is 1. The van der Waals surface area contributed by atoms with Crippen molar-refractivity contribution in [2.75, 3.05) is 6.54 Å². The Labute approximate surface area is 125 Å². The van der Waals surface area contributed by atoms with Crippen LogP contribution in [0.2, 0.25) is 0 Å². The second-order valence-electron chi connectivity index (χ2n) is 7.41. The van der Waals surface area contributed by atoms with Crippen molar-refractivity contribution in [3.63, 3.8) is 0 Å². The zero-order chi connectivity index (χ0) is 15.2. The average Bonchev–Trinajstić information content (AvgIpc) is 2.32. The molecular weight excluding hydrogens is 244 g/mol. The molecule has 0 radical (unpaired) electrons. The lowest BCUT2D eigenvalue weighted by Crippen LogP contribution is -2.25. The Morgan fingerprint density at radius 1 is 1.25 bits per heavy atom. The molecule has 0 saturated carbocycles. The van der Waals surface area contributed by atoms with Crippen LogP contribution in [0, 0.1) is 18.3 Å². The molecule has 0 spiro atoms. The van der Waals surface area contributed by atoms with Gasteiger partial charge in [-0.2, -0.15) is 0 Å². The number of aryl methyl sites for hydroxylation is 1. The maximum Gasteiger partial charge on any atom is 0.0338 e. The minimum atomic E-state index is 0.402. The number of hydrogen-bond donors (Lipinski definition) is 1. The number of nitrogens with zero attached hydrogens (tertiary/aromatic N) is 1. The van der Waals surface area contributed by atoms with Crippen molar-refractivity contribution < 1.29 is 0 Å². The van der Waals surface area contributed by atoms with Crippen LogP contribution >= 0.6 is 0 Å². The lowest BCUT2D eigenvalue weighted by molar-refractivity contribution is 0.275. The molecule has 1 heterocycles. The molecule has 2 atom stereocenters. The van der Waals surface area contributed by atoms with E-state index in [-0.39, 0.29) is 0 Å². The van der Waals surface area contributed by atoms with E-state index in [1.165, 1.54) is 30.4 Å². The molecule has 0 saturated heterocycles. The molecule has 0 fully saturated rings. The molecular formula is C18H32N2. The van der Waals surface area contributed by atoms with Crippen molar-refractivity contribution in [3.05, 3.63) is 29.6 Å². The van der Waals surface area contributed by atoms with Gasteiger partial charge in [0.2, 0.25) is 0 Å². The van der Waals surface area contributed by atoms with Crippen LogP contribution in [0.1, 0.15) is 71.0 Å². The minimum Gasteiger partial charge on any atom is -0.310 e. The summed E-state index contributed by atoms with van der Waals surface area (Å²) in [5, 5.41) is 3.69. The third-order valence-corrected chi connectivity index (χ3v) is 3.54. The smallest absolute Gasteiger partial charge is 0.0338 e. The number of rotatable bonds is 7. The molecule has 0 aromatic carbocycles. The molecule has 0 aliphatic heterocycles. The summed E-state index contributed by atoms with van der Waals surface area (Å²) >= 11 is 0. The molecule has 114 valence electrons. The summed E-state index contributed by atoms with van der Waals surface area (Å²) in [7, 11) is 0. The Balaban J connectivity index is 2.74. The number of pyridine rings is 1. The lowest BCUT2D eigenvalue weighted by Gasteiger charge is -2.27. The van der Waals surface area contributed by atoms with Gasteiger partial charge >= 0.3 is 0 Å². The fourth-order valence-corrected chi connectivity index (χ4v) is 2.96. The first-order valence-corrected chi connectivity index (χ1v) is 7.96. The average molecular weight is 276 g/mol. The Kier molecular flexibility index (Phi) is 6.67. The third-order valence-electron chi connectivity index (χ3n) is 3.54. The van der Waals surface area contributed by atoms with Gasteiger partial charge in [0.05, 0.1) is 0 Å². The first-order valence-electron chi connectivity index (χ1n) is 7.96. The van der Waals surface area contributed by atoms with Crippen LogP contribution in [-0.4, -0.2) is 11.5 Å². The van der Waals surface area contributed by atoms with Crippen molar-refractivity contribution in [2.24, 2.45) is 11.3 Å². The molecule has 2 nitrogen and oxygen atoms in total. The normalized spacial score (nSPS) is 15.1. The van der Waals surface area contributed by atoms with Gasteiger partial charge in [-0.3, -0.25) is 4.98 Å². The molecule has 1 aromatic rings. The van der Waals surface area contributed by atoms with Crippen LogP contribution in [0.3, 0.4) is 0 Å². The summed E-state index contributed by atoms with van der Waals surface area (Å²) in [6.07, 6.45) is 7.56. The van der Waals surface area contributed by atoms with Gasteiger partial charge in [-0.05, 0) is 55.2 Å². The van der Waals surface area contributed by atoms with Crippen molar-refractivity contribution in [3.8, 4) is 0 Å². The van der Waals surface area contributed by atoms with Gasteiger partial charge in [0.1, 0.15) is 0 Å². The van der Waals surface area contributed by atoms with E-state index < -0.39 is 0 Å². The summed E-state index contributed by atoms with van der Waals surface area (Å²) in [4.78, 5) is 4.36. The fourth-order valence-electron chi connectivity index (χ4n) is 2.96. The van der Waals surface area contributed by atoms with Crippen LogP contribution in [0.5, 0.6) is 0 Å². The van der Waals surface area contributed by atoms with Crippen LogP contribution in [0.4, 0.5) is 0 Å². The Morgan fingerprint density at radius 2 is 1.95 bits per heavy atom. The van der Waals surface area contributed by atoms with Crippen molar-refractivity contribution in [2.45, 2.75) is 66.8 Å². The van der Waals surface area contributed by atoms with Crippen molar-refractivity contribution >= 4 is 0 Å². The largest absolute Gasteiger partial charge is 0.310 e. The second kappa shape index (κ2) is 7.78. The van der Waals surface area contributed by atoms with Gasteiger partial charge < -0.3 is 5.32 Å². The highest BCUT2D eigenvalue weighted by molar-refractivity contribution is 5.20. The Bertz CT molecular complexity index is 393. The van der Waals surface area contributed by atoms with E-state index in [0.29, 0.717) is 17.4 Å². The zero-order valence-electron chi connectivity index (χ0n) is 14.2. The van der Waals surface area contributed by atoms with E-state index in [1.807, 2.05) is 12.4 Å². The van der Waals surface area contributed by atoms with Crippen LogP contribution in [0.25, 0.3) is 0 Å². The molecule has 0 amide bonds. The van der Waals surface area contributed by atoms with Crippen LogP contribution in [0.15, 0.2) is 18.5 Å². The molecule has 20 heavy (non-hydrogen) atoms. The number of hydrogen-bond acceptors (Lipinski definition) is 2. The van der Waals surface area contributed by atoms with E-state index in [1.54, 1.807) is 0 Å². The monoisotopic (exact) mass is 276 g/mol. The van der Waals surface area contributed by atoms with Gasteiger partial charge in [0.25, 0.3) is 0 Å². The molecule has 2 heteroatoms. The van der Waals surface area contributed by atoms with Crippen molar-refractivity contribution in [1.29, 1.82) is 0 Å². The molecule has 1 aromatic heterocycles. The first kappa shape index (κ1) is 17.2. The fraction of sp³-hybridized carbons (Fsp3) is 0.722. The molecule has 2 unspecified atom stereocenters. The van der Waals surface area contributed by atoms with Gasteiger partial charge in [-0.1, -0.05) is 40.7 Å². The summed E-state index contributed by atoms with van der Waals surface area (Å²) in [5.74, 6) is 0.713. The van der Waals surface area contributed by atoms with Gasteiger partial charge in [-0.15, -0.1) is 0 Å². The van der Waals surface area contributed by atoms with E-state index in [9.17, 15) is 0 Å².